The van der Waals surface area contributed by atoms with Gasteiger partial charge in [-0.25, -0.2) is 0 Å². The molecule has 2 aromatic carbocycles. The first-order valence-corrected chi connectivity index (χ1v) is 5.05. The minimum absolute atomic E-state index is 0.322. The first-order chi connectivity index (χ1) is 7.20. The van der Waals surface area contributed by atoms with E-state index in [1.165, 1.54) is 0 Å². The van der Waals surface area contributed by atoms with Gasteiger partial charge in [0.05, 0.1) is 0 Å². The fourth-order valence-electron chi connectivity index (χ4n) is 0.916. The highest BCUT2D eigenvalue weighted by Crippen LogP contribution is 2.05. The van der Waals surface area contributed by atoms with Gasteiger partial charge in [-0.3, -0.25) is 0 Å². The molecule has 15 heavy (non-hydrogen) atoms. The van der Waals surface area contributed by atoms with Crippen LogP contribution in [0, 0.1) is 0 Å². The smallest absolute Gasteiger partial charge is 0.122 e. The van der Waals surface area contributed by atoms with E-state index in [1.54, 1.807) is 36.4 Å². The van der Waals surface area contributed by atoms with Crippen molar-refractivity contribution in [1.29, 1.82) is 0 Å². The highest BCUT2D eigenvalue weighted by Gasteiger charge is 1.87. The molecule has 0 bridgehead atoms. The largest absolute Gasteiger partial charge is 0.508 e. The van der Waals surface area contributed by atoms with E-state index in [-0.39, 0.29) is 0 Å². The van der Waals surface area contributed by atoms with Gasteiger partial charge in [0.25, 0.3) is 0 Å². The summed E-state index contributed by atoms with van der Waals surface area (Å²) in [7, 11) is 2.44. The summed E-state index contributed by atoms with van der Waals surface area (Å²) in [4.78, 5) is 0. The molecule has 0 spiro atoms. The van der Waals surface area contributed by atoms with Crippen LogP contribution in [0.1, 0.15) is 0 Å². The highest BCUT2D eigenvalue weighted by molar-refractivity contribution is 7.27. The van der Waals surface area contributed by atoms with Gasteiger partial charge in [0, 0.05) is 5.30 Å². The number of phenolic OH excluding ortho intramolecular Hbond substituents is 2. The van der Waals surface area contributed by atoms with Crippen molar-refractivity contribution in [2.45, 2.75) is 0 Å². The third-order valence-electron chi connectivity index (χ3n) is 1.69. The van der Waals surface area contributed by atoms with Crippen molar-refractivity contribution < 1.29 is 10.2 Å². The summed E-state index contributed by atoms with van der Waals surface area (Å²) >= 11 is 0. The molecule has 2 nitrogen and oxygen atoms in total. The maximum absolute atomic E-state index is 8.90. The second kappa shape index (κ2) is 6.05. The Bertz CT molecular complexity index is 380. The molecule has 1 atom stereocenters. The maximum Gasteiger partial charge on any atom is 0.122 e. The van der Waals surface area contributed by atoms with E-state index >= 15 is 0 Å². The first-order valence-electron chi connectivity index (χ1n) is 4.47. The Morgan fingerprint density at radius 3 is 1.60 bits per heavy atom. The standard InChI is InChI=1S/C6H7OP.C6H6O/c7-5-3-1-2-4-6(5)8;7-6-4-2-1-3-5-6/h1-4,7H,8H2;1-5,7H. The van der Waals surface area contributed by atoms with Gasteiger partial charge in [0.15, 0.2) is 0 Å². The average molecular weight is 220 g/mol. The molecule has 2 rings (SSSR count). The van der Waals surface area contributed by atoms with Crippen LogP contribution in [-0.4, -0.2) is 10.2 Å². The van der Waals surface area contributed by atoms with Crippen molar-refractivity contribution in [2.24, 2.45) is 0 Å². The third-order valence-corrected chi connectivity index (χ3v) is 2.18. The normalized spacial score (nSPS) is 8.87. The molecule has 1 unspecified atom stereocenters. The molecule has 0 heterocycles. The molecule has 0 aliphatic carbocycles. The molecule has 0 saturated heterocycles. The molecule has 0 aliphatic heterocycles. The van der Waals surface area contributed by atoms with E-state index in [1.807, 2.05) is 18.2 Å². The Kier molecular flexibility index (Phi) is 4.65. The molecule has 0 radical (unpaired) electrons. The van der Waals surface area contributed by atoms with Crippen molar-refractivity contribution in [3.63, 3.8) is 0 Å². The number of phenols is 2. The topological polar surface area (TPSA) is 40.5 Å². The van der Waals surface area contributed by atoms with Crippen LogP contribution in [-0.2, 0) is 0 Å². The highest BCUT2D eigenvalue weighted by atomic mass is 31.0. The SMILES string of the molecule is Oc1ccccc1.Oc1ccccc1P. The molecule has 78 valence electrons. The second-order valence-electron chi connectivity index (χ2n) is 2.89. The van der Waals surface area contributed by atoms with E-state index in [0.29, 0.717) is 11.5 Å². The van der Waals surface area contributed by atoms with Crippen LogP contribution >= 0.6 is 9.24 Å². The zero-order chi connectivity index (χ0) is 11.1. The molecule has 0 amide bonds. The number of hydrogen-bond donors (Lipinski definition) is 2. The van der Waals surface area contributed by atoms with Crippen LogP contribution in [0.5, 0.6) is 11.5 Å². The molecule has 2 N–H and O–H groups in total. The van der Waals surface area contributed by atoms with Crippen molar-refractivity contribution >= 4 is 14.5 Å². The lowest BCUT2D eigenvalue weighted by Crippen LogP contribution is -1.86. The summed E-state index contributed by atoms with van der Waals surface area (Å²) in [5, 5.41) is 18.4. The van der Waals surface area contributed by atoms with Crippen LogP contribution in [0.15, 0.2) is 54.6 Å². The fraction of sp³-hybridized carbons (Fsp3) is 0. The Balaban J connectivity index is 0.000000151. The molecule has 3 heteroatoms. The van der Waals surface area contributed by atoms with Crippen molar-refractivity contribution in [3.05, 3.63) is 54.6 Å². The fourth-order valence-corrected chi connectivity index (χ4v) is 1.12. The minimum atomic E-state index is 0.322. The van der Waals surface area contributed by atoms with Crippen LogP contribution in [0.4, 0.5) is 0 Å². The summed E-state index contributed by atoms with van der Waals surface area (Å²) < 4.78 is 0. The number of benzene rings is 2. The van der Waals surface area contributed by atoms with Crippen molar-refractivity contribution in [2.75, 3.05) is 0 Å². The van der Waals surface area contributed by atoms with Crippen LogP contribution in [0.2, 0.25) is 0 Å². The molecular formula is C12H13O2P. The van der Waals surface area contributed by atoms with E-state index in [2.05, 4.69) is 9.24 Å². The maximum atomic E-state index is 8.90. The van der Waals surface area contributed by atoms with Crippen molar-refractivity contribution in [1.82, 2.24) is 0 Å². The Hall–Kier alpha value is -1.53. The van der Waals surface area contributed by atoms with Gasteiger partial charge in [-0.05, 0) is 18.2 Å². The summed E-state index contributed by atoms with van der Waals surface area (Å²) in [6, 6.07) is 15.9. The van der Waals surface area contributed by atoms with E-state index in [0.717, 1.165) is 5.30 Å². The van der Waals surface area contributed by atoms with Gasteiger partial charge in [0.1, 0.15) is 11.5 Å². The predicted octanol–water partition coefficient (Wildman–Crippen LogP) is 2.28. The average Bonchev–Trinajstić information content (AvgIpc) is 2.25. The third kappa shape index (κ3) is 4.48. The molecule has 0 saturated carbocycles. The van der Waals surface area contributed by atoms with Crippen LogP contribution in [0.25, 0.3) is 0 Å². The van der Waals surface area contributed by atoms with Gasteiger partial charge in [-0.2, -0.15) is 0 Å². The Morgan fingerprint density at radius 1 is 0.733 bits per heavy atom. The van der Waals surface area contributed by atoms with Gasteiger partial charge in [-0.1, -0.05) is 36.4 Å². The number of hydrogen-bond acceptors (Lipinski definition) is 2. The molecule has 0 aliphatic rings. The van der Waals surface area contributed by atoms with Gasteiger partial charge >= 0.3 is 0 Å². The Morgan fingerprint density at radius 2 is 1.27 bits per heavy atom. The summed E-state index contributed by atoms with van der Waals surface area (Å²) in [6.45, 7) is 0. The molecule has 2 aromatic rings. The molecule has 0 fully saturated rings. The van der Waals surface area contributed by atoms with E-state index in [9.17, 15) is 0 Å². The lowest BCUT2D eigenvalue weighted by atomic mass is 10.3. The van der Waals surface area contributed by atoms with E-state index in [4.69, 9.17) is 10.2 Å². The Labute approximate surface area is 91.4 Å². The quantitative estimate of drug-likeness (QED) is 0.669. The lowest BCUT2D eigenvalue weighted by molar-refractivity contribution is 0.475. The molecule has 0 aromatic heterocycles. The number of rotatable bonds is 0. The summed E-state index contributed by atoms with van der Waals surface area (Å²) in [5.74, 6) is 0.653. The van der Waals surface area contributed by atoms with Crippen molar-refractivity contribution in [3.8, 4) is 11.5 Å². The van der Waals surface area contributed by atoms with Crippen LogP contribution < -0.4 is 5.30 Å². The van der Waals surface area contributed by atoms with Crippen LogP contribution in [0.3, 0.4) is 0 Å². The van der Waals surface area contributed by atoms with Gasteiger partial charge < -0.3 is 10.2 Å². The first kappa shape index (κ1) is 11.5. The van der Waals surface area contributed by atoms with E-state index < -0.39 is 0 Å². The summed E-state index contributed by atoms with van der Waals surface area (Å²) in [6.07, 6.45) is 0. The zero-order valence-corrected chi connectivity index (χ0v) is 9.32. The number of para-hydroxylation sites is 2. The van der Waals surface area contributed by atoms with Gasteiger partial charge in [-0.15, -0.1) is 9.24 Å². The molecular weight excluding hydrogens is 207 g/mol. The monoisotopic (exact) mass is 220 g/mol. The summed E-state index contributed by atoms with van der Waals surface area (Å²) in [5.41, 5.74) is 0. The number of aromatic hydroxyl groups is 2. The second-order valence-corrected chi connectivity index (χ2v) is 3.52. The predicted molar refractivity (Wildman–Crippen MR) is 65.6 cm³/mol. The lowest BCUT2D eigenvalue weighted by Gasteiger charge is -1.92. The van der Waals surface area contributed by atoms with Gasteiger partial charge in [0.2, 0.25) is 0 Å². The zero-order valence-electron chi connectivity index (χ0n) is 8.17. The minimum Gasteiger partial charge on any atom is -0.508 e.